The third-order valence-electron chi connectivity index (χ3n) is 3.06. The molecular weight excluding hydrogens is 282 g/mol. The number of methoxy groups -OCH3 is 1. The van der Waals surface area contributed by atoms with Crippen molar-refractivity contribution in [1.29, 1.82) is 0 Å². The Hall–Kier alpha value is -2.30. The number of para-hydroxylation sites is 1. The van der Waals surface area contributed by atoms with Crippen LogP contribution in [0.1, 0.15) is 19.3 Å². The molecule has 0 aliphatic carbocycles. The van der Waals surface area contributed by atoms with Crippen molar-refractivity contribution in [3.8, 4) is 5.75 Å². The van der Waals surface area contributed by atoms with Gasteiger partial charge in [0.05, 0.1) is 20.1 Å². The summed E-state index contributed by atoms with van der Waals surface area (Å²) in [6, 6.07) is 9.48. The zero-order valence-corrected chi connectivity index (χ0v) is 13.0. The Morgan fingerprint density at radius 1 is 1.23 bits per heavy atom. The van der Waals surface area contributed by atoms with Crippen molar-refractivity contribution in [2.75, 3.05) is 26.8 Å². The van der Waals surface area contributed by atoms with Crippen molar-refractivity contribution < 1.29 is 19.1 Å². The zero-order valence-electron chi connectivity index (χ0n) is 13.0. The summed E-state index contributed by atoms with van der Waals surface area (Å²) in [6.45, 7) is 4.88. The largest absolute Gasteiger partial charge is 0.494 e. The number of esters is 1. The van der Waals surface area contributed by atoms with E-state index in [0.717, 1.165) is 5.75 Å². The average molecular weight is 305 g/mol. The third kappa shape index (κ3) is 6.92. The van der Waals surface area contributed by atoms with E-state index >= 15 is 0 Å². The second-order valence-electron chi connectivity index (χ2n) is 4.72. The molecule has 0 radical (unpaired) electrons. The fraction of sp³-hybridized carbons (Fsp3) is 0.412. The van der Waals surface area contributed by atoms with Crippen LogP contribution >= 0.6 is 0 Å². The number of ether oxygens (including phenoxy) is 2. The third-order valence-corrected chi connectivity index (χ3v) is 3.06. The van der Waals surface area contributed by atoms with Gasteiger partial charge in [-0.3, -0.25) is 9.59 Å². The molecule has 0 aliphatic rings. The van der Waals surface area contributed by atoms with Crippen molar-refractivity contribution in [1.82, 2.24) is 4.90 Å². The number of carbonyl (C=O) groups excluding carboxylic acids is 2. The summed E-state index contributed by atoms with van der Waals surface area (Å²) < 4.78 is 10.1. The maximum atomic E-state index is 12.1. The molecule has 5 heteroatoms. The molecule has 0 unspecified atom stereocenters. The van der Waals surface area contributed by atoms with Gasteiger partial charge in [-0.2, -0.15) is 0 Å². The number of hydrogen-bond donors (Lipinski definition) is 0. The Kier molecular flexibility index (Phi) is 8.42. The predicted molar refractivity (Wildman–Crippen MR) is 84.6 cm³/mol. The molecule has 0 fully saturated rings. The first-order valence-corrected chi connectivity index (χ1v) is 7.30. The standard InChI is InChI=1S/C17H23NO4/c1-3-12-18(13-11-17(20)21-2)16(19)10-7-14-22-15-8-5-4-6-9-15/h3-6,8-9H,1,7,10-14H2,2H3. The Balaban J connectivity index is 2.30. The van der Waals surface area contributed by atoms with Crippen molar-refractivity contribution in [2.24, 2.45) is 0 Å². The van der Waals surface area contributed by atoms with Crippen LogP contribution in [-0.4, -0.2) is 43.6 Å². The number of amides is 1. The molecule has 22 heavy (non-hydrogen) atoms. The van der Waals surface area contributed by atoms with E-state index in [0.29, 0.717) is 32.5 Å². The topological polar surface area (TPSA) is 55.8 Å². The van der Waals surface area contributed by atoms with Gasteiger partial charge in [0.15, 0.2) is 0 Å². The highest BCUT2D eigenvalue weighted by atomic mass is 16.5. The fourth-order valence-electron chi connectivity index (χ4n) is 1.89. The van der Waals surface area contributed by atoms with Crippen LogP contribution in [0.3, 0.4) is 0 Å². The lowest BCUT2D eigenvalue weighted by Gasteiger charge is -2.20. The van der Waals surface area contributed by atoms with Crippen LogP contribution in [0.15, 0.2) is 43.0 Å². The van der Waals surface area contributed by atoms with Gasteiger partial charge in [-0.05, 0) is 18.6 Å². The Morgan fingerprint density at radius 2 is 1.95 bits per heavy atom. The molecule has 0 aromatic heterocycles. The lowest BCUT2D eigenvalue weighted by Crippen LogP contribution is -2.33. The highest BCUT2D eigenvalue weighted by Crippen LogP contribution is 2.09. The first-order chi connectivity index (χ1) is 10.7. The molecule has 120 valence electrons. The Labute approximate surface area is 131 Å². The lowest BCUT2D eigenvalue weighted by molar-refractivity contribution is -0.141. The van der Waals surface area contributed by atoms with Gasteiger partial charge in [-0.25, -0.2) is 0 Å². The maximum absolute atomic E-state index is 12.1. The minimum absolute atomic E-state index is 0.0135. The minimum atomic E-state index is -0.325. The smallest absolute Gasteiger partial charge is 0.307 e. The molecule has 0 heterocycles. The van der Waals surface area contributed by atoms with Gasteiger partial charge in [0, 0.05) is 19.5 Å². The summed E-state index contributed by atoms with van der Waals surface area (Å²) in [4.78, 5) is 24.9. The summed E-state index contributed by atoms with van der Waals surface area (Å²) in [7, 11) is 1.34. The van der Waals surface area contributed by atoms with E-state index in [1.807, 2.05) is 30.3 Å². The van der Waals surface area contributed by atoms with Crippen LogP contribution in [-0.2, 0) is 14.3 Å². The summed E-state index contributed by atoms with van der Waals surface area (Å²) >= 11 is 0. The van der Waals surface area contributed by atoms with Gasteiger partial charge in [0.1, 0.15) is 5.75 Å². The van der Waals surface area contributed by atoms with Gasteiger partial charge in [-0.15, -0.1) is 6.58 Å². The molecule has 1 rings (SSSR count). The number of nitrogens with zero attached hydrogens (tertiary/aromatic N) is 1. The van der Waals surface area contributed by atoms with Crippen LogP contribution in [0.2, 0.25) is 0 Å². The van der Waals surface area contributed by atoms with Gasteiger partial charge < -0.3 is 14.4 Å². The molecule has 0 N–H and O–H groups in total. The van der Waals surface area contributed by atoms with E-state index in [4.69, 9.17) is 4.74 Å². The molecule has 1 aromatic rings. The molecule has 1 aromatic carbocycles. The molecule has 1 amide bonds. The SMILES string of the molecule is C=CCN(CCC(=O)OC)C(=O)CCCOc1ccccc1. The molecule has 0 saturated carbocycles. The fourth-order valence-corrected chi connectivity index (χ4v) is 1.89. The minimum Gasteiger partial charge on any atom is -0.494 e. The first kappa shape index (κ1) is 17.8. The number of rotatable bonds is 10. The van der Waals surface area contributed by atoms with Gasteiger partial charge in [0.2, 0.25) is 5.91 Å². The highest BCUT2D eigenvalue weighted by molar-refractivity contribution is 5.77. The zero-order chi connectivity index (χ0) is 16.2. The van der Waals surface area contributed by atoms with E-state index in [9.17, 15) is 9.59 Å². The van der Waals surface area contributed by atoms with Crippen molar-refractivity contribution in [3.63, 3.8) is 0 Å². The number of carbonyl (C=O) groups is 2. The molecule has 0 saturated heterocycles. The first-order valence-electron chi connectivity index (χ1n) is 7.30. The predicted octanol–water partition coefficient (Wildman–Crippen LogP) is 2.42. The second-order valence-corrected chi connectivity index (χ2v) is 4.72. The van der Waals surface area contributed by atoms with Crippen LogP contribution < -0.4 is 4.74 Å². The van der Waals surface area contributed by atoms with E-state index in [2.05, 4.69) is 11.3 Å². The number of hydrogen-bond acceptors (Lipinski definition) is 4. The summed E-state index contributed by atoms with van der Waals surface area (Å²) in [6.07, 6.45) is 2.84. The highest BCUT2D eigenvalue weighted by Gasteiger charge is 2.13. The molecule has 0 bridgehead atoms. The van der Waals surface area contributed by atoms with E-state index in [-0.39, 0.29) is 18.3 Å². The summed E-state index contributed by atoms with van der Waals surface area (Å²) in [5, 5.41) is 0. The summed E-state index contributed by atoms with van der Waals surface area (Å²) in [5.41, 5.74) is 0. The van der Waals surface area contributed by atoms with Crippen LogP contribution in [0.4, 0.5) is 0 Å². The molecule has 0 spiro atoms. The Bertz CT molecular complexity index is 473. The van der Waals surface area contributed by atoms with E-state index < -0.39 is 0 Å². The Morgan fingerprint density at radius 3 is 2.59 bits per heavy atom. The molecular formula is C17H23NO4. The molecule has 5 nitrogen and oxygen atoms in total. The summed E-state index contributed by atoms with van der Waals surface area (Å²) in [5.74, 6) is 0.457. The van der Waals surface area contributed by atoms with Crippen molar-refractivity contribution in [2.45, 2.75) is 19.3 Å². The maximum Gasteiger partial charge on any atom is 0.307 e. The molecule has 0 aliphatic heterocycles. The second kappa shape index (κ2) is 10.4. The van der Waals surface area contributed by atoms with E-state index in [1.54, 1.807) is 11.0 Å². The monoisotopic (exact) mass is 305 g/mol. The van der Waals surface area contributed by atoms with Gasteiger partial charge in [0.25, 0.3) is 0 Å². The van der Waals surface area contributed by atoms with Crippen LogP contribution in [0, 0.1) is 0 Å². The normalized spacial score (nSPS) is 9.86. The van der Waals surface area contributed by atoms with Crippen molar-refractivity contribution in [3.05, 3.63) is 43.0 Å². The van der Waals surface area contributed by atoms with Crippen molar-refractivity contribution >= 4 is 11.9 Å². The van der Waals surface area contributed by atoms with Gasteiger partial charge >= 0.3 is 5.97 Å². The molecule has 0 atom stereocenters. The lowest BCUT2D eigenvalue weighted by atomic mass is 10.2. The quantitative estimate of drug-likeness (QED) is 0.378. The van der Waals surface area contributed by atoms with Gasteiger partial charge in [-0.1, -0.05) is 24.3 Å². The number of benzene rings is 1. The average Bonchev–Trinajstić information content (AvgIpc) is 2.55. The van der Waals surface area contributed by atoms with Crippen LogP contribution in [0.25, 0.3) is 0 Å². The van der Waals surface area contributed by atoms with Crippen LogP contribution in [0.5, 0.6) is 5.75 Å². The van der Waals surface area contributed by atoms with E-state index in [1.165, 1.54) is 7.11 Å².